The number of carbonyl (C=O) groups excluding carboxylic acids is 2. The van der Waals surface area contributed by atoms with E-state index in [4.69, 9.17) is 9.47 Å². The average molecular weight is 374 g/mol. The lowest BCUT2D eigenvalue weighted by Gasteiger charge is -2.36. The van der Waals surface area contributed by atoms with Crippen LogP contribution in [0.15, 0.2) is 36.4 Å². The Balaban J connectivity index is 1.64. The van der Waals surface area contributed by atoms with Gasteiger partial charge in [0, 0.05) is 26.2 Å². The molecule has 0 atom stereocenters. The van der Waals surface area contributed by atoms with E-state index in [1.165, 1.54) is 18.4 Å². The Labute approximate surface area is 156 Å². The molecule has 0 spiro atoms. The Morgan fingerprint density at radius 1 is 1.04 bits per heavy atom. The number of ether oxygens (including phenoxy) is 2. The molecule has 0 bridgehead atoms. The van der Waals surface area contributed by atoms with E-state index in [1.807, 2.05) is 36.1 Å². The number of rotatable bonds is 5. The third-order valence-corrected chi connectivity index (χ3v) is 5.33. The molecule has 138 valence electrons. The first kappa shape index (κ1) is 18.3. The highest BCUT2D eigenvalue weighted by Gasteiger charge is 2.25. The van der Waals surface area contributed by atoms with E-state index >= 15 is 0 Å². The van der Waals surface area contributed by atoms with Gasteiger partial charge in [0.25, 0.3) is 5.91 Å². The zero-order valence-electron chi connectivity index (χ0n) is 14.9. The van der Waals surface area contributed by atoms with Gasteiger partial charge in [-0.3, -0.25) is 4.79 Å². The van der Waals surface area contributed by atoms with Gasteiger partial charge in [0.1, 0.15) is 10.6 Å². The summed E-state index contributed by atoms with van der Waals surface area (Å²) < 4.78 is 10.4. The van der Waals surface area contributed by atoms with Crippen LogP contribution < -0.4 is 9.64 Å². The topological polar surface area (TPSA) is 59.1 Å². The van der Waals surface area contributed by atoms with Crippen LogP contribution in [0.25, 0.3) is 0 Å². The van der Waals surface area contributed by atoms with E-state index in [0.29, 0.717) is 29.5 Å². The first-order valence-electron chi connectivity index (χ1n) is 8.58. The van der Waals surface area contributed by atoms with Crippen molar-refractivity contribution in [1.82, 2.24) is 4.90 Å². The molecule has 1 aromatic carbocycles. The second-order valence-electron chi connectivity index (χ2n) is 5.84. The quantitative estimate of drug-likeness (QED) is 0.753. The van der Waals surface area contributed by atoms with Gasteiger partial charge in [0.2, 0.25) is 0 Å². The molecule has 0 unspecified atom stereocenters. The summed E-state index contributed by atoms with van der Waals surface area (Å²) in [6.45, 7) is 5.33. The summed E-state index contributed by atoms with van der Waals surface area (Å²) in [5, 5.41) is 0. The number of methoxy groups -OCH3 is 1. The molecule has 0 saturated carbocycles. The summed E-state index contributed by atoms with van der Waals surface area (Å²) in [4.78, 5) is 29.3. The molecule has 6 nitrogen and oxygen atoms in total. The number of para-hydroxylation sites is 2. The van der Waals surface area contributed by atoms with Crippen LogP contribution in [0.1, 0.15) is 26.3 Å². The van der Waals surface area contributed by atoms with Gasteiger partial charge in [-0.2, -0.15) is 0 Å². The van der Waals surface area contributed by atoms with Crippen molar-refractivity contribution in [1.29, 1.82) is 0 Å². The van der Waals surface area contributed by atoms with Crippen LogP contribution in [-0.4, -0.2) is 56.7 Å². The number of anilines is 1. The van der Waals surface area contributed by atoms with Crippen LogP contribution >= 0.6 is 11.3 Å². The van der Waals surface area contributed by atoms with Crippen LogP contribution in [0.3, 0.4) is 0 Å². The maximum Gasteiger partial charge on any atom is 0.348 e. The zero-order valence-corrected chi connectivity index (χ0v) is 15.8. The number of piperazine rings is 1. The SMILES string of the molecule is CCOc1ccccc1N1CCN(C(=O)c2ccc(C(=O)OC)s2)CC1. The molecule has 0 radical (unpaired) electrons. The van der Waals surface area contributed by atoms with Crippen LogP contribution in [0.4, 0.5) is 5.69 Å². The van der Waals surface area contributed by atoms with Crippen molar-refractivity contribution in [2.24, 2.45) is 0 Å². The van der Waals surface area contributed by atoms with Gasteiger partial charge in [-0.15, -0.1) is 11.3 Å². The third-order valence-electron chi connectivity index (χ3n) is 4.28. The van der Waals surface area contributed by atoms with Gasteiger partial charge in [-0.05, 0) is 31.2 Å². The molecule has 0 aliphatic carbocycles. The number of nitrogens with zero attached hydrogens (tertiary/aromatic N) is 2. The second kappa shape index (κ2) is 8.23. The van der Waals surface area contributed by atoms with Crippen LogP contribution in [0, 0.1) is 0 Å². The maximum absolute atomic E-state index is 12.7. The number of hydrogen-bond acceptors (Lipinski definition) is 6. The largest absolute Gasteiger partial charge is 0.492 e. The number of carbonyl (C=O) groups is 2. The molecule has 1 fully saturated rings. The van der Waals surface area contributed by atoms with Gasteiger partial charge < -0.3 is 19.3 Å². The summed E-state index contributed by atoms with van der Waals surface area (Å²) in [6, 6.07) is 11.3. The number of benzene rings is 1. The van der Waals surface area contributed by atoms with Crippen molar-refractivity contribution in [2.45, 2.75) is 6.92 Å². The minimum absolute atomic E-state index is 0.0390. The molecule has 26 heavy (non-hydrogen) atoms. The minimum atomic E-state index is -0.411. The van der Waals surface area contributed by atoms with Gasteiger partial charge in [0.05, 0.1) is 24.3 Å². The second-order valence-corrected chi connectivity index (χ2v) is 6.92. The van der Waals surface area contributed by atoms with Crippen molar-refractivity contribution in [3.8, 4) is 5.75 Å². The van der Waals surface area contributed by atoms with E-state index < -0.39 is 5.97 Å². The fraction of sp³-hybridized carbons (Fsp3) is 0.368. The normalized spacial score (nSPS) is 14.2. The Morgan fingerprint density at radius 2 is 1.73 bits per heavy atom. The molecule has 1 aliphatic heterocycles. The molecular weight excluding hydrogens is 352 g/mol. The van der Waals surface area contributed by atoms with E-state index in [2.05, 4.69) is 4.90 Å². The van der Waals surface area contributed by atoms with Crippen LogP contribution in [0.2, 0.25) is 0 Å². The van der Waals surface area contributed by atoms with E-state index in [0.717, 1.165) is 24.5 Å². The van der Waals surface area contributed by atoms with E-state index in [1.54, 1.807) is 12.1 Å². The predicted octanol–water partition coefficient (Wildman–Crippen LogP) is 2.90. The molecule has 7 heteroatoms. The molecule has 1 amide bonds. The van der Waals surface area contributed by atoms with Crippen molar-refractivity contribution in [3.05, 3.63) is 46.2 Å². The zero-order chi connectivity index (χ0) is 18.5. The summed E-state index contributed by atoms with van der Waals surface area (Å²) in [5.74, 6) is 0.421. The van der Waals surface area contributed by atoms with Crippen LogP contribution in [-0.2, 0) is 4.74 Å². The molecule has 2 aromatic rings. The molecule has 2 heterocycles. The number of thiophene rings is 1. The number of esters is 1. The Hall–Kier alpha value is -2.54. The average Bonchev–Trinajstić information content (AvgIpc) is 3.18. The summed E-state index contributed by atoms with van der Waals surface area (Å²) in [7, 11) is 1.34. The number of hydrogen-bond donors (Lipinski definition) is 0. The lowest BCUT2D eigenvalue weighted by atomic mass is 10.2. The number of amides is 1. The van der Waals surface area contributed by atoms with Gasteiger partial charge in [-0.25, -0.2) is 4.79 Å². The van der Waals surface area contributed by atoms with Gasteiger partial charge in [-0.1, -0.05) is 12.1 Å². The van der Waals surface area contributed by atoms with E-state index in [-0.39, 0.29) is 5.91 Å². The van der Waals surface area contributed by atoms with E-state index in [9.17, 15) is 9.59 Å². The van der Waals surface area contributed by atoms with Crippen molar-refractivity contribution in [3.63, 3.8) is 0 Å². The Morgan fingerprint density at radius 3 is 2.42 bits per heavy atom. The molecule has 3 rings (SSSR count). The molecule has 0 N–H and O–H groups in total. The van der Waals surface area contributed by atoms with Gasteiger partial charge in [0.15, 0.2) is 0 Å². The standard InChI is InChI=1S/C19H22N2O4S/c1-3-25-15-7-5-4-6-14(15)20-10-12-21(13-11-20)18(22)16-8-9-17(26-16)19(23)24-2/h4-9H,3,10-13H2,1-2H3. The molecule has 1 aliphatic rings. The monoisotopic (exact) mass is 374 g/mol. The summed E-state index contributed by atoms with van der Waals surface area (Å²) >= 11 is 1.17. The highest BCUT2D eigenvalue weighted by Crippen LogP contribution is 2.29. The minimum Gasteiger partial charge on any atom is -0.492 e. The fourth-order valence-corrected chi connectivity index (χ4v) is 3.86. The van der Waals surface area contributed by atoms with Gasteiger partial charge >= 0.3 is 5.97 Å². The van der Waals surface area contributed by atoms with Crippen LogP contribution in [0.5, 0.6) is 5.75 Å². The fourth-order valence-electron chi connectivity index (χ4n) is 2.97. The van der Waals surface area contributed by atoms with Crippen molar-refractivity contribution in [2.75, 3.05) is 44.8 Å². The van der Waals surface area contributed by atoms with Crippen molar-refractivity contribution >= 4 is 28.9 Å². The predicted molar refractivity (Wildman–Crippen MR) is 101 cm³/mol. The smallest absolute Gasteiger partial charge is 0.348 e. The lowest BCUT2D eigenvalue weighted by Crippen LogP contribution is -2.48. The highest BCUT2D eigenvalue weighted by atomic mass is 32.1. The molecular formula is C19H22N2O4S. The first-order valence-corrected chi connectivity index (χ1v) is 9.40. The first-order chi connectivity index (χ1) is 12.6. The maximum atomic E-state index is 12.7. The Kier molecular flexibility index (Phi) is 5.78. The van der Waals surface area contributed by atoms with Crippen molar-refractivity contribution < 1.29 is 19.1 Å². The Bertz CT molecular complexity index is 781. The summed E-state index contributed by atoms with van der Waals surface area (Å²) in [5.41, 5.74) is 1.06. The third kappa shape index (κ3) is 3.83. The lowest BCUT2D eigenvalue weighted by molar-refractivity contribution is 0.0606. The molecule has 1 saturated heterocycles. The molecule has 1 aromatic heterocycles. The summed E-state index contributed by atoms with van der Waals surface area (Å²) in [6.07, 6.45) is 0. The highest BCUT2D eigenvalue weighted by molar-refractivity contribution is 7.15.